The maximum absolute atomic E-state index is 14.6. The first kappa shape index (κ1) is 21.1. The zero-order valence-corrected chi connectivity index (χ0v) is 16.3. The fourth-order valence-electron chi connectivity index (χ4n) is 3.33. The summed E-state index contributed by atoms with van der Waals surface area (Å²) in [5.41, 5.74) is -0.0735. The van der Waals surface area contributed by atoms with E-state index >= 15 is 0 Å². The smallest absolute Gasteiger partial charge is 0.414 e. The molecule has 1 aromatic carbocycles. The third kappa shape index (κ3) is 4.69. The monoisotopic (exact) mass is 438 g/mol. The largest absolute Gasteiger partial charge is 0.616 e. The summed E-state index contributed by atoms with van der Waals surface area (Å²) in [6.07, 6.45) is -3.57. The van der Waals surface area contributed by atoms with Crippen molar-refractivity contribution in [3.63, 3.8) is 0 Å². The van der Waals surface area contributed by atoms with Gasteiger partial charge in [-0.3, -0.25) is 4.90 Å². The fourth-order valence-corrected chi connectivity index (χ4v) is 4.71. The van der Waals surface area contributed by atoms with Crippen molar-refractivity contribution < 1.29 is 31.6 Å². The molecule has 2 heterocycles. The van der Waals surface area contributed by atoms with Gasteiger partial charge in [0.2, 0.25) is 0 Å². The first-order valence-electron chi connectivity index (χ1n) is 8.64. The van der Waals surface area contributed by atoms with Crippen molar-refractivity contribution in [2.75, 3.05) is 29.5 Å². The van der Waals surface area contributed by atoms with Gasteiger partial charge in [-0.1, -0.05) is 23.4 Å². The molecule has 3 rings (SSSR count). The number of thiocarbonyl (C=S) groups is 1. The molecule has 1 atom stereocenters. The Balaban J connectivity index is 1.70. The molecule has 1 N–H and O–H groups in total. The molecule has 0 aliphatic carbocycles. The van der Waals surface area contributed by atoms with Crippen LogP contribution in [-0.2, 0) is 15.9 Å². The van der Waals surface area contributed by atoms with Gasteiger partial charge in [0.05, 0.1) is 18.8 Å². The Kier molecular flexibility index (Phi) is 6.66. The molecule has 0 radical (unpaired) electrons. The highest BCUT2D eigenvalue weighted by molar-refractivity contribution is 7.91. The van der Waals surface area contributed by atoms with E-state index in [9.17, 15) is 26.9 Å². The number of halogens is 4. The Bertz CT molecular complexity index is 737. The van der Waals surface area contributed by atoms with Gasteiger partial charge >= 0.3 is 6.09 Å². The van der Waals surface area contributed by atoms with Crippen molar-refractivity contribution in [3.05, 3.63) is 29.3 Å². The second-order valence-electron chi connectivity index (χ2n) is 6.61. The Hall–Kier alpha value is -1.59. The summed E-state index contributed by atoms with van der Waals surface area (Å²) >= 11 is 3.50. The predicted molar refractivity (Wildman–Crippen MR) is 100 cm³/mol. The summed E-state index contributed by atoms with van der Waals surface area (Å²) in [7, 11) is 0. The Morgan fingerprint density at radius 3 is 2.50 bits per heavy atom. The average molecular weight is 438 g/mol. The minimum Gasteiger partial charge on any atom is -0.616 e. The van der Waals surface area contributed by atoms with Gasteiger partial charge in [-0.25, -0.2) is 22.4 Å². The summed E-state index contributed by atoms with van der Waals surface area (Å²) in [5.74, 6) is -1.11. The molecule has 2 aliphatic rings. The predicted octanol–water partition coefficient (Wildman–Crippen LogP) is 3.10. The van der Waals surface area contributed by atoms with Gasteiger partial charge in [-0.2, -0.15) is 0 Å². The highest BCUT2D eigenvalue weighted by atomic mass is 32.2. The van der Waals surface area contributed by atoms with Crippen LogP contribution >= 0.6 is 12.2 Å². The second kappa shape index (κ2) is 8.83. The molecule has 11 heteroatoms. The molecule has 5 nitrogen and oxygen atoms in total. The van der Waals surface area contributed by atoms with E-state index in [4.69, 9.17) is 4.74 Å². The van der Waals surface area contributed by atoms with E-state index in [1.54, 1.807) is 0 Å². The van der Waals surface area contributed by atoms with Crippen molar-refractivity contribution in [1.29, 1.82) is 0 Å². The van der Waals surface area contributed by atoms with Crippen molar-refractivity contribution in [2.24, 2.45) is 0 Å². The van der Waals surface area contributed by atoms with Gasteiger partial charge in [0.1, 0.15) is 34.2 Å². The van der Waals surface area contributed by atoms with E-state index in [1.165, 1.54) is 0 Å². The molecule has 0 saturated carbocycles. The van der Waals surface area contributed by atoms with Crippen molar-refractivity contribution in [2.45, 2.75) is 31.3 Å². The van der Waals surface area contributed by atoms with Crippen LogP contribution in [-0.4, -0.2) is 52.8 Å². The van der Waals surface area contributed by atoms with E-state index in [0.717, 1.165) is 17.0 Å². The quantitative estimate of drug-likeness (QED) is 0.435. The number of ether oxygens (including phenoxy) is 1. The molecule has 28 heavy (non-hydrogen) atoms. The maximum atomic E-state index is 14.6. The zero-order valence-electron chi connectivity index (χ0n) is 14.6. The number of hydrogen-bond donors (Lipinski definition) is 1. The van der Waals surface area contributed by atoms with Crippen LogP contribution in [0.5, 0.6) is 0 Å². The average Bonchev–Trinajstić information content (AvgIpc) is 3.01. The van der Waals surface area contributed by atoms with Crippen LogP contribution in [0.4, 0.5) is 28.0 Å². The molecular formula is C17H18F4N2O3S2. The number of carbonyl (C=O) groups excluding carboxylic acids is 1. The Morgan fingerprint density at radius 1 is 1.32 bits per heavy atom. The van der Waals surface area contributed by atoms with E-state index in [1.807, 2.05) is 0 Å². The number of nitrogens with one attached hydrogen (secondary N) is 1. The minimum atomic E-state index is -2.82. The number of carbonyl (C=O) groups is 1. The zero-order chi connectivity index (χ0) is 20.4. The number of benzene rings is 1. The van der Waals surface area contributed by atoms with Crippen molar-refractivity contribution >= 4 is 40.2 Å². The lowest BCUT2D eigenvalue weighted by Crippen LogP contribution is -2.36. The molecule has 0 spiro atoms. The number of hydrogen-bond acceptors (Lipinski definition) is 4. The summed E-state index contributed by atoms with van der Waals surface area (Å²) < 4.78 is 70.5. The molecule has 0 unspecified atom stereocenters. The van der Waals surface area contributed by atoms with Crippen molar-refractivity contribution in [1.82, 2.24) is 5.32 Å². The lowest BCUT2D eigenvalue weighted by Gasteiger charge is -2.25. The first-order chi connectivity index (χ1) is 13.3. The van der Waals surface area contributed by atoms with Crippen molar-refractivity contribution in [3.8, 4) is 0 Å². The summed E-state index contributed by atoms with van der Waals surface area (Å²) in [6, 6.07) is 2.12. The molecule has 1 amide bonds. The van der Waals surface area contributed by atoms with Crippen LogP contribution in [0, 0.1) is 11.6 Å². The highest BCUT2D eigenvalue weighted by Gasteiger charge is 2.35. The van der Waals surface area contributed by atoms with Gasteiger partial charge in [0, 0.05) is 5.56 Å². The SMILES string of the molecule is O=C1O[C@@H](CNC(=S)C(F)F)CN1c1cc(F)c(C2CC[S+]([O-])CC2)c(F)c1. The van der Waals surface area contributed by atoms with Crippen LogP contribution in [0.15, 0.2) is 12.1 Å². The summed E-state index contributed by atoms with van der Waals surface area (Å²) in [4.78, 5) is 12.4. The topological polar surface area (TPSA) is 64.6 Å². The van der Waals surface area contributed by atoms with E-state index in [0.29, 0.717) is 24.3 Å². The molecular weight excluding hydrogens is 420 g/mol. The molecule has 0 aromatic heterocycles. The van der Waals surface area contributed by atoms with Gasteiger partial charge in [0.25, 0.3) is 6.43 Å². The summed E-state index contributed by atoms with van der Waals surface area (Å²) in [6.45, 7) is -0.188. The van der Waals surface area contributed by atoms with Crippen LogP contribution in [0.1, 0.15) is 24.3 Å². The van der Waals surface area contributed by atoms with E-state index in [2.05, 4.69) is 17.5 Å². The Labute approximate surface area is 167 Å². The van der Waals surface area contributed by atoms with Gasteiger partial charge in [0.15, 0.2) is 0 Å². The number of alkyl halides is 2. The van der Waals surface area contributed by atoms with E-state index < -0.39 is 46.4 Å². The number of cyclic esters (lactones) is 1. The van der Waals surface area contributed by atoms with E-state index in [-0.39, 0.29) is 30.3 Å². The number of nitrogens with zero attached hydrogens (tertiary/aromatic N) is 1. The molecule has 0 bridgehead atoms. The second-order valence-corrected chi connectivity index (χ2v) is 8.74. The standard InChI is InChI=1S/C17H18F4N2O3S2/c18-12-5-10(6-13(19)14(12)9-1-3-28(25)4-2-9)23-8-11(26-17(23)24)7-22-16(27)15(20)21/h5-6,9,11,15H,1-4,7-8H2,(H,22,27)/t9?,11-,28?/m0/s1. The third-order valence-corrected chi connectivity index (χ3v) is 6.45. The third-order valence-electron chi connectivity index (χ3n) is 4.75. The van der Waals surface area contributed by atoms with Crippen LogP contribution in [0.25, 0.3) is 0 Å². The first-order valence-corrected chi connectivity index (χ1v) is 10.5. The lowest BCUT2D eigenvalue weighted by atomic mass is 9.92. The van der Waals surface area contributed by atoms with Gasteiger partial charge in [-0.05, 0) is 30.9 Å². The lowest BCUT2D eigenvalue weighted by molar-refractivity contribution is 0.142. The minimum absolute atomic E-state index is 0.0120. The van der Waals surface area contributed by atoms with Crippen LogP contribution < -0.4 is 10.2 Å². The van der Waals surface area contributed by atoms with Crippen LogP contribution in [0.3, 0.4) is 0 Å². The normalized spacial score (nSPS) is 25.1. The number of anilines is 1. The van der Waals surface area contributed by atoms with Crippen LogP contribution in [0.2, 0.25) is 0 Å². The molecule has 2 aliphatic heterocycles. The number of amides is 1. The van der Waals surface area contributed by atoms with Gasteiger partial charge in [-0.15, -0.1) is 0 Å². The van der Waals surface area contributed by atoms with Gasteiger partial charge < -0.3 is 14.6 Å². The molecule has 1 aromatic rings. The maximum Gasteiger partial charge on any atom is 0.414 e. The number of rotatable bonds is 5. The highest BCUT2D eigenvalue weighted by Crippen LogP contribution is 2.35. The Morgan fingerprint density at radius 2 is 1.93 bits per heavy atom. The molecule has 2 saturated heterocycles. The summed E-state index contributed by atoms with van der Waals surface area (Å²) in [5, 5.41) is 2.30. The molecule has 154 valence electrons. The fraction of sp³-hybridized carbons (Fsp3) is 0.529. The molecule has 2 fully saturated rings.